The zero-order chi connectivity index (χ0) is 24.1. The van der Waals surface area contributed by atoms with Gasteiger partial charge in [-0.15, -0.1) is 0 Å². The van der Waals surface area contributed by atoms with Crippen LogP contribution in [0, 0.1) is 5.92 Å². The maximum Gasteiger partial charge on any atom is 0.184 e. The number of nitrogens with zero attached hydrogens (tertiary/aromatic N) is 3. The van der Waals surface area contributed by atoms with Crippen molar-refractivity contribution in [3.63, 3.8) is 0 Å². The fourth-order valence-corrected chi connectivity index (χ4v) is 6.22. The SMILES string of the molecule is COc1ccc([C@H]2OC[C@@H]3C[C@@H](n4ccc5c(N[C@H]6CCc7ccccc76)ncnc54)C[C@@H]3O2)cc1. The third kappa shape index (κ3) is 3.74. The number of methoxy groups -OCH3 is 1. The summed E-state index contributed by atoms with van der Waals surface area (Å²) in [6.07, 6.45) is 7.85. The lowest BCUT2D eigenvalue weighted by atomic mass is 10.1. The first kappa shape index (κ1) is 21.8. The first-order chi connectivity index (χ1) is 17.8. The topological polar surface area (TPSA) is 70.4 Å². The Morgan fingerprint density at radius 2 is 1.92 bits per heavy atom. The molecule has 1 N–H and O–H groups in total. The van der Waals surface area contributed by atoms with E-state index >= 15 is 0 Å². The van der Waals surface area contributed by atoms with Crippen molar-refractivity contribution in [2.24, 2.45) is 5.92 Å². The van der Waals surface area contributed by atoms with Crippen molar-refractivity contribution in [1.29, 1.82) is 0 Å². The number of ether oxygens (including phenoxy) is 3. The monoisotopic (exact) mass is 482 g/mol. The molecule has 1 saturated heterocycles. The predicted octanol–water partition coefficient (Wildman–Crippen LogP) is 5.60. The minimum absolute atomic E-state index is 0.169. The Bertz CT molecular complexity index is 1390. The van der Waals surface area contributed by atoms with Gasteiger partial charge in [0.15, 0.2) is 6.29 Å². The van der Waals surface area contributed by atoms with Gasteiger partial charge >= 0.3 is 0 Å². The molecule has 3 heterocycles. The minimum Gasteiger partial charge on any atom is -0.497 e. The predicted molar refractivity (Wildman–Crippen MR) is 137 cm³/mol. The lowest BCUT2D eigenvalue weighted by Crippen LogP contribution is -2.32. The molecule has 0 spiro atoms. The Labute approximate surface area is 210 Å². The molecule has 0 radical (unpaired) electrons. The van der Waals surface area contributed by atoms with Gasteiger partial charge in [0.2, 0.25) is 0 Å². The van der Waals surface area contributed by atoms with Crippen molar-refractivity contribution in [3.05, 3.63) is 83.8 Å². The zero-order valence-corrected chi connectivity index (χ0v) is 20.3. The molecule has 0 unspecified atom stereocenters. The summed E-state index contributed by atoms with van der Waals surface area (Å²) in [4.78, 5) is 9.31. The summed E-state index contributed by atoms with van der Waals surface area (Å²) in [6, 6.07) is 19.4. The van der Waals surface area contributed by atoms with Crippen LogP contribution in [0.2, 0.25) is 0 Å². The van der Waals surface area contributed by atoms with E-state index in [1.54, 1.807) is 13.4 Å². The molecule has 36 heavy (non-hydrogen) atoms. The highest BCUT2D eigenvalue weighted by Gasteiger charge is 2.41. The highest BCUT2D eigenvalue weighted by Crippen LogP contribution is 2.44. The highest BCUT2D eigenvalue weighted by molar-refractivity contribution is 5.87. The van der Waals surface area contributed by atoms with Gasteiger partial charge in [0, 0.05) is 23.7 Å². The number of aryl methyl sites for hydroxylation is 1. The quantitative estimate of drug-likeness (QED) is 0.399. The van der Waals surface area contributed by atoms with Crippen LogP contribution in [0.15, 0.2) is 67.1 Å². The molecule has 7 nitrogen and oxygen atoms in total. The number of aromatic nitrogens is 3. The average molecular weight is 483 g/mol. The lowest BCUT2D eigenvalue weighted by Gasteiger charge is -2.32. The molecule has 184 valence electrons. The van der Waals surface area contributed by atoms with Crippen LogP contribution < -0.4 is 10.1 Å². The molecular formula is C29H30N4O3. The normalized spacial score (nSPS) is 27.1. The number of benzene rings is 2. The van der Waals surface area contributed by atoms with Gasteiger partial charge in [0.25, 0.3) is 0 Å². The number of fused-ring (bicyclic) bond motifs is 3. The summed E-state index contributed by atoms with van der Waals surface area (Å²) in [5.41, 5.74) is 4.82. The van der Waals surface area contributed by atoms with Gasteiger partial charge in [-0.1, -0.05) is 36.4 Å². The lowest BCUT2D eigenvalue weighted by molar-refractivity contribution is -0.233. The maximum absolute atomic E-state index is 6.43. The molecule has 1 aliphatic heterocycles. The Morgan fingerprint density at radius 3 is 2.81 bits per heavy atom. The van der Waals surface area contributed by atoms with E-state index in [2.05, 4.69) is 56.4 Å². The Balaban J connectivity index is 1.09. The van der Waals surface area contributed by atoms with Crippen molar-refractivity contribution in [2.45, 2.75) is 50.2 Å². The molecule has 4 aromatic rings. The van der Waals surface area contributed by atoms with E-state index in [1.165, 1.54) is 11.1 Å². The van der Waals surface area contributed by atoms with Crippen LogP contribution >= 0.6 is 0 Å². The van der Waals surface area contributed by atoms with Crippen molar-refractivity contribution >= 4 is 16.9 Å². The first-order valence-electron chi connectivity index (χ1n) is 12.8. The number of anilines is 1. The minimum atomic E-state index is -0.329. The van der Waals surface area contributed by atoms with Gasteiger partial charge in [0.05, 0.1) is 31.2 Å². The van der Waals surface area contributed by atoms with E-state index in [4.69, 9.17) is 14.2 Å². The molecule has 2 aromatic heterocycles. The average Bonchev–Trinajstić information content (AvgIpc) is 3.65. The van der Waals surface area contributed by atoms with Crippen LogP contribution in [0.3, 0.4) is 0 Å². The van der Waals surface area contributed by atoms with E-state index in [0.29, 0.717) is 18.6 Å². The zero-order valence-electron chi connectivity index (χ0n) is 20.3. The molecule has 3 aliphatic rings. The number of hydrogen-bond donors (Lipinski definition) is 1. The molecule has 0 amide bonds. The third-order valence-electron chi connectivity index (χ3n) is 8.10. The van der Waals surface area contributed by atoms with Crippen LogP contribution in [0.25, 0.3) is 11.0 Å². The van der Waals surface area contributed by atoms with Crippen LogP contribution in [0.5, 0.6) is 5.75 Å². The van der Waals surface area contributed by atoms with Crippen LogP contribution in [-0.4, -0.2) is 34.4 Å². The van der Waals surface area contributed by atoms with Crippen molar-refractivity contribution in [1.82, 2.24) is 14.5 Å². The standard InChI is InChI=1S/C29H30N4O3/c1-34-22-9-6-19(7-10-22)29-35-16-20-14-21(15-26(20)36-29)33-13-12-24-27(30-17-31-28(24)33)32-25-11-8-18-4-2-3-5-23(18)25/h2-7,9-10,12-13,17,20-21,25-26,29H,8,11,14-16H2,1H3,(H,30,31,32)/t20-,21+,25-,26-,29-/m0/s1. The third-order valence-corrected chi connectivity index (χ3v) is 8.10. The summed E-state index contributed by atoms with van der Waals surface area (Å²) >= 11 is 0. The van der Waals surface area contributed by atoms with Gasteiger partial charge < -0.3 is 24.1 Å². The molecule has 0 bridgehead atoms. The van der Waals surface area contributed by atoms with E-state index in [1.807, 2.05) is 24.3 Å². The summed E-state index contributed by atoms with van der Waals surface area (Å²) in [6.45, 7) is 0.708. The van der Waals surface area contributed by atoms with Crippen molar-refractivity contribution in [3.8, 4) is 5.75 Å². The number of hydrogen-bond acceptors (Lipinski definition) is 6. The summed E-state index contributed by atoms with van der Waals surface area (Å²) < 4.78 is 20.1. The largest absolute Gasteiger partial charge is 0.497 e. The Morgan fingerprint density at radius 1 is 1.03 bits per heavy atom. The maximum atomic E-state index is 6.43. The van der Waals surface area contributed by atoms with Crippen molar-refractivity contribution in [2.75, 3.05) is 19.0 Å². The fraction of sp³-hybridized carbons (Fsp3) is 0.379. The van der Waals surface area contributed by atoms with Crippen molar-refractivity contribution < 1.29 is 14.2 Å². The van der Waals surface area contributed by atoms with Crippen LogP contribution in [-0.2, 0) is 15.9 Å². The van der Waals surface area contributed by atoms with Gasteiger partial charge in [-0.25, -0.2) is 9.97 Å². The van der Waals surface area contributed by atoms with Gasteiger partial charge in [0.1, 0.15) is 23.5 Å². The molecule has 2 aliphatic carbocycles. The smallest absolute Gasteiger partial charge is 0.184 e. The van der Waals surface area contributed by atoms with Crippen LogP contribution in [0.4, 0.5) is 5.82 Å². The molecule has 7 rings (SSSR count). The summed E-state index contributed by atoms with van der Waals surface area (Å²) in [7, 11) is 1.68. The molecule has 2 fully saturated rings. The Kier molecular flexibility index (Phi) is 5.40. The van der Waals surface area contributed by atoms with Gasteiger partial charge in [-0.05, 0) is 55.0 Å². The highest BCUT2D eigenvalue weighted by atomic mass is 16.7. The molecule has 7 heteroatoms. The van der Waals surface area contributed by atoms with Gasteiger partial charge in [-0.3, -0.25) is 0 Å². The number of rotatable bonds is 5. The van der Waals surface area contributed by atoms with E-state index in [0.717, 1.165) is 53.8 Å². The summed E-state index contributed by atoms with van der Waals surface area (Å²) in [5.74, 6) is 2.13. The molecule has 1 saturated carbocycles. The van der Waals surface area contributed by atoms with E-state index < -0.39 is 0 Å². The second-order valence-corrected chi connectivity index (χ2v) is 10.1. The molecule has 2 aromatic carbocycles. The molecular weight excluding hydrogens is 452 g/mol. The Hall–Kier alpha value is -3.42. The van der Waals surface area contributed by atoms with E-state index in [9.17, 15) is 0 Å². The number of nitrogens with one attached hydrogen (secondary N) is 1. The van der Waals surface area contributed by atoms with Gasteiger partial charge in [-0.2, -0.15) is 0 Å². The van der Waals surface area contributed by atoms with Crippen LogP contribution in [0.1, 0.15) is 54.3 Å². The van der Waals surface area contributed by atoms with E-state index in [-0.39, 0.29) is 18.4 Å². The first-order valence-corrected chi connectivity index (χ1v) is 12.8. The second-order valence-electron chi connectivity index (χ2n) is 10.1. The molecule has 5 atom stereocenters. The second kappa shape index (κ2) is 8.91. The summed E-state index contributed by atoms with van der Waals surface area (Å²) in [5, 5.41) is 4.78. The fourth-order valence-electron chi connectivity index (χ4n) is 6.22.